The summed E-state index contributed by atoms with van der Waals surface area (Å²) < 4.78 is 30.6. The normalized spacial score (nSPS) is 12.0. The van der Waals surface area contributed by atoms with Gasteiger partial charge in [0.2, 0.25) is 11.8 Å². The van der Waals surface area contributed by atoms with E-state index in [4.69, 9.17) is 4.74 Å². The van der Waals surface area contributed by atoms with Crippen LogP contribution in [0.5, 0.6) is 5.75 Å². The fourth-order valence-electron chi connectivity index (χ4n) is 2.86. The molecule has 0 saturated heterocycles. The van der Waals surface area contributed by atoms with Gasteiger partial charge >= 0.3 is 0 Å². The van der Waals surface area contributed by atoms with E-state index in [1.165, 1.54) is 20.1 Å². The van der Waals surface area contributed by atoms with Crippen LogP contribution in [0, 0.1) is 0 Å². The van der Waals surface area contributed by atoms with E-state index in [0.29, 0.717) is 22.7 Å². The molecule has 0 aliphatic carbocycles. The molecule has 2 amide bonds. The molecule has 0 aliphatic heterocycles. The second kappa shape index (κ2) is 10.0. The van der Waals surface area contributed by atoms with Crippen molar-refractivity contribution in [3.63, 3.8) is 0 Å². The third-order valence-electron chi connectivity index (χ3n) is 4.35. The summed E-state index contributed by atoms with van der Waals surface area (Å²) in [5.74, 6) is -2.19. The maximum absolute atomic E-state index is 12.7. The summed E-state index contributed by atoms with van der Waals surface area (Å²) in [7, 11) is -2.66. The average Bonchev–Trinajstić information content (AvgIpc) is 2.68. The Kier molecular flexibility index (Phi) is 7.71. The average molecular weight is 432 g/mol. The monoisotopic (exact) mass is 432 g/mol. The van der Waals surface area contributed by atoms with Gasteiger partial charge in [0.05, 0.1) is 12.8 Å². The number of ether oxygens (including phenoxy) is 1. The van der Waals surface area contributed by atoms with Gasteiger partial charge in [0.25, 0.3) is 0 Å². The van der Waals surface area contributed by atoms with Gasteiger partial charge in [-0.3, -0.25) is 14.4 Å². The molecule has 8 nitrogen and oxygen atoms in total. The molecule has 2 N–H and O–H groups in total. The fraction of sp³-hybridized carbons (Fsp3) is 0.286. The van der Waals surface area contributed by atoms with Crippen LogP contribution in [-0.2, 0) is 19.4 Å². The molecular weight excluding hydrogens is 408 g/mol. The van der Waals surface area contributed by atoms with E-state index >= 15 is 0 Å². The molecule has 0 bridgehead atoms. The van der Waals surface area contributed by atoms with Gasteiger partial charge in [0, 0.05) is 11.3 Å². The molecule has 30 heavy (non-hydrogen) atoms. The smallest absolute Gasteiger partial charge is 0.242 e. The number of hydrogen-bond acceptors (Lipinski definition) is 6. The molecule has 2 aromatic carbocycles. The molecule has 160 valence electrons. The third-order valence-corrected chi connectivity index (χ3v) is 6.43. The Hall–Kier alpha value is -3.20. The van der Waals surface area contributed by atoms with Gasteiger partial charge in [0.1, 0.15) is 16.8 Å². The van der Waals surface area contributed by atoms with Crippen LogP contribution in [0.15, 0.2) is 48.5 Å². The Morgan fingerprint density at radius 2 is 1.73 bits per heavy atom. The lowest BCUT2D eigenvalue weighted by atomic mass is 10.1. The molecule has 0 heterocycles. The number of benzene rings is 2. The molecule has 0 radical (unpaired) electrons. The highest BCUT2D eigenvalue weighted by Gasteiger charge is 2.33. The second-order valence-electron chi connectivity index (χ2n) is 6.58. The number of carbonyl (C=O) groups excluding carboxylic acids is 3. The molecule has 0 fully saturated rings. The fourth-order valence-corrected chi connectivity index (χ4v) is 4.39. The predicted molar refractivity (Wildman–Crippen MR) is 115 cm³/mol. The van der Waals surface area contributed by atoms with Crippen molar-refractivity contribution in [1.82, 2.24) is 0 Å². The lowest BCUT2D eigenvalue weighted by molar-refractivity contribution is -0.115. The number of amides is 2. The lowest BCUT2D eigenvalue weighted by Crippen LogP contribution is -2.39. The molecule has 0 aromatic heterocycles. The van der Waals surface area contributed by atoms with Crippen molar-refractivity contribution < 1.29 is 27.5 Å². The predicted octanol–water partition coefficient (Wildman–Crippen LogP) is 2.67. The van der Waals surface area contributed by atoms with Crippen molar-refractivity contribution in [2.45, 2.75) is 25.5 Å². The molecule has 2 rings (SSSR count). The van der Waals surface area contributed by atoms with Crippen LogP contribution in [0.2, 0.25) is 0 Å². The van der Waals surface area contributed by atoms with E-state index in [9.17, 15) is 22.8 Å². The zero-order valence-corrected chi connectivity index (χ0v) is 17.8. The van der Waals surface area contributed by atoms with Crippen molar-refractivity contribution in [1.29, 1.82) is 0 Å². The molecule has 0 saturated carbocycles. The number of carbonyl (C=O) groups is 3. The number of ketones is 1. The topological polar surface area (TPSA) is 119 Å². The summed E-state index contributed by atoms with van der Waals surface area (Å²) >= 11 is 0. The van der Waals surface area contributed by atoms with Crippen molar-refractivity contribution in [2.75, 3.05) is 23.5 Å². The van der Waals surface area contributed by atoms with Gasteiger partial charge in [-0.15, -0.1) is 0 Å². The Morgan fingerprint density at radius 3 is 2.37 bits per heavy atom. The minimum Gasteiger partial charge on any atom is -0.495 e. The third kappa shape index (κ3) is 5.90. The molecule has 1 atom stereocenters. The maximum atomic E-state index is 12.7. The van der Waals surface area contributed by atoms with Gasteiger partial charge in [0.15, 0.2) is 15.6 Å². The van der Waals surface area contributed by atoms with Crippen molar-refractivity contribution in [2.24, 2.45) is 0 Å². The lowest BCUT2D eigenvalue weighted by Gasteiger charge is -2.16. The first-order valence-corrected chi connectivity index (χ1v) is 11.0. The zero-order chi connectivity index (χ0) is 22.3. The Balaban J connectivity index is 2.12. The highest BCUT2D eigenvalue weighted by Crippen LogP contribution is 2.23. The van der Waals surface area contributed by atoms with Gasteiger partial charge in [-0.1, -0.05) is 31.2 Å². The molecule has 1 unspecified atom stereocenters. The maximum Gasteiger partial charge on any atom is 0.242 e. The van der Waals surface area contributed by atoms with Crippen LogP contribution < -0.4 is 15.4 Å². The van der Waals surface area contributed by atoms with Crippen LogP contribution in [-0.4, -0.2) is 44.1 Å². The quantitative estimate of drug-likeness (QED) is 0.588. The van der Waals surface area contributed by atoms with Crippen molar-refractivity contribution in [3.8, 4) is 5.75 Å². The van der Waals surface area contributed by atoms with E-state index in [1.807, 2.05) is 0 Å². The number of para-hydroxylation sites is 2. The van der Waals surface area contributed by atoms with Crippen LogP contribution in [0.1, 0.15) is 30.6 Å². The van der Waals surface area contributed by atoms with E-state index in [2.05, 4.69) is 10.6 Å². The Morgan fingerprint density at radius 1 is 1.03 bits per heavy atom. The summed E-state index contributed by atoms with van der Waals surface area (Å²) in [6.07, 6.45) is -0.0114. The number of sulfone groups is 1. The second-order valence-corrected chi connectivity index (χ2v) is 8.76. The van der Waals surface area contributed by atoms with Crippen LogP contribution in [0.25, 0.3) is 0 Å². The zero-order valence-electron chi connectivity index (χ0n) is 17.0. The number of nitrogens with one attached hydrogen (secondary N) is 2. The van der Waals surface area contributed by atoms with E-state index < -0.39 is 32.7 Å². The number of Topliss-reactive ketones (excluding diaryl/α,β-unsaturated/α-hetero) is 1. The Labute approximate surface area is 175 Å². The first-order valence-electron chi connectivity index (χ1n) is 9.24. The van der Waals surface area contributed by atoms with Gasteiger partial charge in [-0.2, -0.15) is 0 Å². The standard InChI is InChI=1S/C21H24N2O6S/c1-4-19(21(26)22-16-9-7-8-15(12-16)14(2)24)30(27,28)13-20(25)23-17-10-5-6-11-18(17)29-3/h5-12,19H,4,13H2,1-3H3,(H,22,26)(H,23,25). The Bertz CT molecular complexity index is 1050. The molecule has 0 spiro atoms. The van der Waals surface area contributed by atoms with Crippen LogP contribution in [0.4, 0.5) is 11.4 Å². The summed E-state index contributed by atoms with van der Waals surface area (Å²) in [5, 5.41) is 3.59. The number of anilines is 2. The first kappa shape index (κ1) is 23.1. The summed E-state index contributed by atoms with van der Waals surface area (Å²) in [4.78, 5) is 36.4. The van der Waals surface area contributed by atoms with Gasteiger partial charge < -0.3 is 15.4 Å². The highest BCUT2D eigenvalue weighted by molar-refractivity contribution is 7.93. The molecule has 9 heteroatoms. The van der Waals surface area contributed by atoms with E-state index in [0.717, 1.165) is 0 Å². The molecule has 2 aromatic rings. The van der Waals surface area contributed by atoms with Crippen LogP contribution >= 0.6 is 0 Å². The van der Waals surface area contributed by atoms with Crippen molar-refractivity contribution >= 4 is 38.8 Å². The highest BCUT2D eigenvalue weighted by atomic mass is 32.2. The van der Waals surface area contributed by atoms with Gasteiger partial charge in [-0.25, -0.2) is 8.42 Å². The SMILES string of the molecule is CCC(C(=O)Nc1cccc(C(C)=O)c1)S(=O)(=O)CC(=O)Nc1ccccc1OC. The van der Waals surface area contributed by atoms with Crippen LogP contribution in [0.3, 0.4) is 0 Å². The summed E-state index contributed by atoms with van der Waals surface area (Å²) in [6, 6.07) is 12.8. The molecular formula is C21H24N2O6S. The number of hydrogen-bond donors (Lipinski definition) is 2. The minimum absolute atomic E-state index is 0.0114. The van der Waals surface area contributed by atoms with E-state index in [1.54, 1.807) is 49.4 Å². The molecule has 0 aliphatic rings. The first-order chi connectivity index (χ1) is 14.2. The van der Waals surface area contributed by atoms with E-state index in [-0.39, 0.29) is 12.2 Å². The minimum atomic E-state index is -4.09. The van der Waals surface area contributed by atoms with Crippen molar-refractivity contribution in [3.05, 3.63) is 54.1 Å². The summed E-state index contributed by atoms with van der Waals surface area (Å²) in [6.45, 7) is 2.94. The largest absolute Gasteiger partial charge is 0.495 e. The summed E-state index contributed by atoms with van der Waals surface area (Å²) in [5.41, 5.74) is 1.03. The number of methoxy groups -OCH3 is 1. The number of rotatable bonds is 9. The van der Waals surface area contributed by atoms with Gasteiger partial charge in [-0.05, 0) is 37.6 Å².